The predicted molar refractivity (Wildman–Crippen MR) is 79.5 cm³/mol. The zero-order chi connectivity index (χ0) is 15.2. The standard InChI is InChI=1S/C14H11BrN2O4/c15-9-4-1-2-5-10(9)17-12(18)8-21-11-6-3-7-16-13(11)14(19)20/h1-7H,8H2,(H,17,18)(H,19,20). The van der Waals surface area contributed by atoms with Gasteiger partial charge in [0.1, 0.15) is 0 Å². The Bertz CT molecular complexity index is 676. The van der Waals surface area contributed by atoms with E-state index in [-0.39, 0.29) is 18.1 Å². The lowest BCUT2D eigenvalue weighted by Gasteiger charge is -2.09. The van der Waals surface area contributed by atoms with Gasteiger partial charge >= 0.3 is 5.97 Å². The first-order valence-corrected chi connectivity index (χ1v) is 6.72. The molecule has 1 aromatic heterocycles. The zero-order valence-corrected chi connectivity index (χ0v) is 12.3. The third-order valence-electron chi connectivity index (χ3n) is 2.48. The second-order valence-corrected chi connectivity index (χ2v) is 4.83. The molecule has 0 unspecified atom stereocenters. The van der Waals surface area contributed by atoms with Crippen LogP contribution in [0.4, 0.5) is 5.69 Å². The average molecular weight is 351 g/mol. The van der Waals surface area contributed by atoms with Gasteiger partial charge in [-0.2, -0.15) is 0 Å². The Hall–Kier alpha value is -2.41. The van der Waals surface area contributed by atoms with E-state index in [9.17, 15) is 9.59 Å². The highest BCUT2D eigenvalue weighted by Gasteiger charge is 2.13. The average Bonchev–Trinajstić information content (AvgIpc) is 2.48. The predicted octanol–water partition coefficient (Wildman–Crippen LogP) is 2.56. The molecule has 2 N–H and O–H groups in total. The van der Waals surface area contributed by atoms with Crippen molar-refractivity contribution < 1.29 is 19.4 Å². The van der Waals surface area contributed by atoms with Gasteiger partial charge in [-0.15, -0.1) is 0 Å². The number of anilines is 1. The minimum Gasteiger partial charge on any atom is -0.481 e. The molecule has 0 saturated heterocycles. The lowest BCUT2D eigenvalue weighted by molar-refractivity contribution is -0.118. The number of rotatable bonds is 5. The van der Waals surface area contributed by atoms with Crippen LogP contribution < -0.4 is 10.1 Å². The lowest BCUT2D eigenvalue weighted by atomic mass is 10.3. The zero-order valence-electron chi connectivity index (χ0n) is 10.7. The number of carbonyl (C=O) groups is 2. The highest BCUT2D eigenvalue weighted by Crippen LogP contribution is 2.21. The molecule has 0 atom stereocenters. The summed E-state index contributed by atoms with van der Waals surface area (Å²) < 4.78 is 5.94. The molecule has 6 nitrogen and oxygen atoms in total. The largest absolute Gasteiger partial charge is 0.481 e. The summed E-state index contributed by atoms with van der Waals surface area (Å²) in [5.41, 5.74) is 0.377. The van der Waals surface area contributed by atoms with Gasteiger partial charge in [0.15, 0.2) is 18.1 Å². The number of ether oxygens (including phenoxy) is 1. The normalized spacial score (nSPS) is 9.95. The molecular weight excluding hydrogens is 340 g/mol. The van der Waals surface area contributed by atoms with Gasteiger partial charge in [0.2, 0.25) is 0 Å². The molecule has 1 amide bonds. The van der Waals surface area contributed by atoms with Gasteiger partial charge in [0.05, 0.1) is 5.69 Å². The summed E-state index contributed by atoms with van der Waals surface area (Å²) in [5.74, 6) is -1.56. The molecule has 2 rings (SSSR count). The van der Waals surface area contributed by atoms with Crippen molar-refractivity contribution in [1.29, 1.82) is 0 Å². The highest BCUT2D eigenvalue weighted by molar-refractivity contribution is 9.10. The number of amides is 1. The summed E-state index contributed by atoms with van der Waals surface area (Å²) in [5, 5.41) is 11.6. The van der Waals surface area contributed by atoms with Crippen molar-refractivity contribution in [3.05, 3.63) is 52.8 Å². The van der Waals surface area contributed by atoms with Crippen molar-refractivity contribution in [2.45, 2.75) is 0 Å². The van der Waals surface area contributed by atoms with Crippen molar-refractivity contribution in [3.63, 3.8) is 0 Å². The maximum Gasteiger partial charge on any atom is 0.358 e. The Kier molecular flexibility index (Phi) is 4.89. The molecular formula is C14H11BrN2O4. The molecule has 108 valence electrons. The number of carbonyl (C=O) groups excluding carboxylic acids is 1. The van der Waals surface area contributed by atoms with E-state index >= 15 is 0 Å². The van der Waals surface area contributed by atoms with E-state index in [1.807, 2.05) is 6.07 Å². The topological polar surface area (TPSA) is 88.5 Å². The second kappa shape index (κ2) is 6.85. The molecule has 0 spiro atoms. The van der Waals surface area contributed by atoms with Crippen molar-refractivity contribution in [2.24, 2.45) is 0 Å². The number of nitrogens with zero attached hydrogens (tertiary/aromatic N) is 1. The number of para-hydroxylation sites is 1. The number of aromatic nitrogens is 1. The second-order valence-electron chi connectivity index (χ2n) is 3.97. The molecule has 1 heterocycles. The number of hydrogen-bond acceptors (Lipinski definition) is 4. The van der Waals surface area contributed by atoms with Crippen molar-refractivity contribution in [3.8, 4) is 5.75 Å². The molecule has 0 bridgehead atoms. The minimum absolute atomic E-state index is 0.0484. The van der Waals surface area contributed by atoms with E-state index in [1.54, 1.807) is 18.2 Å². The first-order valence-electron chi connectivity index (χ1n) is 5.93. The van der Waals surface area contributed by atoms with Crippen LogP contribution in [0.2, 0.25) is 0 Å². The first-order chi connectivity index (χ1) is 10.1. The Labute approximate surface area is 128 Å². The van der Waals surface area contributed by atoms with Crippen LogP contribution in [0, 0.1) is 0 Å². The third kappa shape index (κ3) is 4.03. The molecule has 0 aliphatic rings. The fourth-order valence-corrected chi connectivity index (χ4v) is 1.94. The van der Waals surface area contributed by atoms with Crippen LogP contribution in [-0.4, -0.2) is 28.6 Å². The molecule has 1 aromatic carbocycles. The van der Waals surface area contributed by atoms with Crippen LogP contribution >= 0.6 is 15.9 Å². The summed E-state index contributed by atoms with van der Waals surface area (Å²) in [4.78, 5) is 26.4. The lowest BCUT2D eigenvalue weighted by Crippen LogP contribution is -2.21. The number of carboxylic acid groups (broad SMARTS) is 1. The number of hydrogen-bond donors (Lipinski definition) is 2. The van der Waals surface area contributed by atoms with E-state index in [4.69, 9.17) is 9.84 Å². The quantitative estimate of drug-likeness (QED) is 0.864. The van der Waals surface area contributed by atoms with Gasteiger partial charge in [-0.1, -0.05) is 12.1 Å². The summed E-state index contributed by atoms with van der Waals surface area (Å²) in [6, 6.07) is 10.1. The van der Waals surface area contributed by atoms with Crippen LogP contribution in [0.25, 0.3) is 0 Å². The van der Waals surface area contributed by atoms with Gasteiger partial charge in [0, 0.05) is 10.7 Å². The van der Waals surface area contributed by atoms with Gasteiger partial charge < -0.3 is 15.2 Å². The molecule has 0 saturated carbocycles. The number of halogens is 1. The smallest absolute Gasteiger partial charge is 0.358 e. The summed E-state index contributed by atoms with van der Waals surface area (Å²) in [7, 11) is 0. The van der Waals surface area contributed by atoms with E-state index < -0.39 is 11.9 Å². The van der Waals surface area contributed by atoms with Gasteiger partial charge in [-0.05, 0) is 40.2 Å². The summed E-state index contributed by atoms with van der Waals surface area (Å²) >= 11 is 3.31. The number of carboxylic acids is 1. The number of nitrogens with one attached hydrogen (secondary N) is 1. The molecule has 0 aliphatic heterocycles. The molecule has 21 heavy (non-hydrogen) atoms. The summed E-state index contributed by atoms with van der Waals surface area (Å²) in [6.45, 7) is -0.312. The van der Waals surface area contributed by atoms with Crippen LogP contribution in [0.15, 0.2) is 47.1 Å². The van der Waals surface area contributed by atoms with E-state index in [0.717, 1.165) is 4.47 Å². The Morgan fingerprint density at radius 1 is 1.24 bits per heavy atom. The van der Waals surface area contributed by atoms with Crippen molar-refractivity contribution >= 4 is 33.5 Å². The van der Waals surface area contributed by atoms with Crippen molar-refractivity contribution in [2.75, 3.05) is 11.9 Å². The summed E-state index contributed by atoms with van der Waals surface area (Å²) in [6.07, 6.45) is 1.34. The maximum absolute atomic E-state index is 11.8. The van der Waals surface area contributed by atoms with Crippen LogP contribution in [-0.2, 0) is 4.79 Å². The van der Waals surface area contributed by atoms with E-state index in [1.165, 1.54) is 18.3 Å². The molecule has 0 fully saturated rings. The fraction of sp³-hybridized carbons (Fsp3) is 0.0714. The molecule has 7 heteroatoms. The minimum atomic E-state index is -1.21. The molecule has 0 aliphatic carbocycles. The monoisotopic (exact) mass is 350 g/mol. The van der Waals surface area contributed by atoms with Gasteiger partial charge in [-0.25, -0.2) is 9.78 Å². The van der Waals surface area contributed by atoms with Crippen molar-refractivity contribution in [1.82, 2.24) is 4.98 Å². The van der Waals surface area contributed by atoms with Gasteiger partial charge in [-0.3, -0.25) is 4.79 Å². The van der Waals surface area contributed by atoms with Gasteiger partial charge in [0.25, 0.3) is 5.91 Å². The number of aromatic carboxylic acids is 1. The fourth-order valence-electron chi connectivity index (χ4n) is 1.56. The number of pyridine rings is 1. The van der Waals surface area contributed by atoms with E-state index in [2.05, 4.69) is 26.2 Å². The Morgan fingerprint density at radius 2 is 2.00 bits per heavy atom. The van der Waals surface area contributed by atoms with Crippen LogP contribution in [0.3, 0.4) is 0 Å². The highest BCUT2D eigenvalue weighted by atomic mass is 79.9. The van der Waals surface area contributed by atoms with Crippen LogP contribution in [0.1, 0.15) is 10.5 Å². The maximum atomic E-state index is 11.8. The molecule has 2 aromatic rings. The number of benzene rings is 1. The first kappa shape index (κ1) is 15.0. The molecule has 0 radical (unpaired) electrons. The van der Waals surface area contributed by atoms with E-state index in [0.29, 0.717) is 5.69 Å². The Morgan fingerprint density at radius 3 is 2.71 bits per heavy atom. The Balaban J connectivity index is 1.99. The third-order valence-corrected chi connectivity index (χ3v) is 3.17. The van der Waals surface area contributed by atoms with Crippen LogP contribution in [0.5, 0.6) is 5.75 Å². The SMILES string of the molecule is O=C(COc1cccnc1C(=O)O)Nc1ccccc1Br.